The average Bonchev–Trinajstić information content (AvgIpc) is 3.25. The molecule has 4 rings (SSSR count). The number of nitrogens with one attached hydrogen (secondary N) is 1. The Kier molecular flexibility index (Phi) is 10.9. The third kappa shape index (κ3) is 6.99. The predicted molar refractivity (Wildman–Crippen MR) is 165 cm³/mol. The van der Waals surface area contributed by atoms with Crippen LogP contribution in [0.1, 0.15) is 79.9 Å². The molecule has 230 valence electrons. The van der Waals surface area contributed by atoms with Crippen molar-refractivity contribution in [1.29, 1.82) is 5.41 Å². The van der Waals surface area contributed by atoms with E-state index in [0.29, 0.717) is 23.3 Å². The van der Waals surface area contributed by atoms with E-state index < -0.39 is 11.8 Å². The fourth-order valence-corrected chi connectivity index (χ4v) is 5.47. The summed E-state index contributed by atoms with van der Waals surface area (Å²) < 4.78 is 32.0. The van der Waals surface area contributed by atoms with Crippen LogP contribution in [0.4, 0.5) is 10.1 Å². The van der Waals surface area contributed by atoms with Crippen LogP contribution in [0.3, 0.4) is 0 Å². The highest BCUT2D eigenvalue weighted by molar-refractivity contribution is 8.93. The van der Waals surface area contributed by atoms with Crippen LogP contribution in [0.5, 0.6) is 17.2 Å². The number of methoxy groups -OCH3 is 2. The Labute approximate surface area is 257 Å². The van der Waals surface area contributed by atoms with E-state index in [1.54, 1.807) is 11.0 Å². The number of carboxylic acid groups (broad SMARTS) is 1. The number of hydrogen-bond acceptors (Lipinski definition) is 7. The molecule has 0 atom stereocenters. The van der Waals surface area contributed by atoms with E-state index in [4.69, 9.17) is 24.7 Å². The highest BCUT2D eigenvalue weighted by atomic mass is 79.9. The molecule has 0 bridgehead atoms. The maximum atomic E-state index is 15.3. The van der Waals surface area contributed by atoms with Crippen molar-refractivity contribution in [3.63, 3.8) is 0 Å². The molecule has 0 radical (unpaired) electrons. The second-order valence-corrected chi connectivity index (χ2v) is 11.6. The zero-order valence-electron chi connectivity index (χ0n) is 25.0. The van der Waals surface area contributed by atoms with Gasteiger partial charge in [-0.25, -0.2) is 4.39 Å². The molecular formula is C31H41BrFN3O6. The minimum absolute atomic E-state index is 0. The number of amidine groups is 1. The van der Waals surface area contributed by atoms with Gasteiger partial charge in [0.2, 0.25) is 0 Å². The molecule has 0 aliphatic carbocycles. The zero-order valence-corrected chi connectivity index (χ0v) is 26.7. The van der Waals surface area contributed by atoms with E-state index in [0.717, 1.165) is 43.6 Å². The second kappa shape index (κ2) is 13.8. The summed E-state index contributed by atoms with van der Waals surface area (Å²) in [5.74, 6) is -0.944. The van der Waals surface area contributed by atoms with Crippen LogP contribution in [-0.4, -0.2) is 68.1 Å². The number of hydrogen-bond donors (Lipinski definition) is 2. The lowest BCUT2D eigenvalue weighted by molar-refractivity contribution is -0.137. The molecule has 0 spiro atoms. The summed E-state index contributed by atoms with van der Waals surface area (Å²) in [7, 11) is 2.77. The van der Waals surface area contributed by atoms with Crippen LogP contribution in [0.2, 0.25) is 0 Å². The summed E-state index contributed by atoms with van der Waals surface area (Å²) in [6, 6.07) is 5.36. The van der Waals surface area contributed by atoms with Gasteiger partial charge in [-0.2, -0.15) is 0 Å². The van der Waals surface area contributed by atoms with Crippen LogP contribution >= 0.6 is 17.0 Å². The molecule has 0 saturated carbocycles. The number of carboxylic acids is 1. The number of rotatable bonds is 11. The van der Waals surface area contributed by atoms with Crippen LogP contribution in [0.25, 0.3) is 0 Å². The van der Waals surface area contributed by atoms with Gasteiger partial charge in [0.25, 0.3) is 0 Å². The second-order valence-electron chi connectivity index (χ2n) is 11.6. The summed E-state index contributed by atoms with van der Waals surface area (Å²) in [5, 5.41) is 17.7. The molecule has 2 heterocycles. The van der Waals surface area contributed by atoms with Crippen molar-refractivity contribution in [1.82, 2.24) is 4.90 Å². The number of carbonyl (C=O) groups is 2. The van der Waals surface area contributed by atoms with E-state index in [2.05, 4.69) is 25.7 Å². The smallest absolute Gasteiger partial charge is 0.303 e. The number of aliphatic carboxylic acids is 1. The largest absolute Gasteiger partial charge is 0.493 e. The van der Waals surface area contributed by atoms with Crippen molar-refractivity contribution in [3.05, 3.63) is 46.3 Å². The first-order valence-electron chi connectivity index (χ1n) is 14.0. The molecule has 11 heteroatoms. The van der Waals surface area contributed by atoms with Gasteiger partial charge in [0.1, 0.15) is 11.6 Å². The van der Waals surface area contributed by atoms with Gasteiger partial charge in [0.15, 0.2) is 23.1 Å². The van der Waals surface area contributed by atoms with Gasteiger partial charge in [-0.3, -0.25) is 15.0 Å². The molecule has 2 aliphatic rings. The summed E-state index contributed by atoms with van der Waals surface area (Å²) in [6.45, 7) is 8.19. The number of halogens is 2. The van der Waals surface area contributed by atoms with E-state index in [-0.39, 0.29) is 77.2 Å². The molecule has 1 fully saturated rings. The van der Waals surface area contributed by atoms with Crippen LogP contribution < -0.4 is 19.1 Å². The molecular weight excluding hydrogens is 609 g/mol. The van der Waals surface area contributed by atoms with Crippen molar-refractivity contribution in [2.75, 3.05) is 45.4 Å². The lowest BCUT2D eigenvalue weighted by Gasteiger charge is -2.34. The molecule has 9 nitrogen and oxygen atoms in total. The molecule has 0 aromatic heterocycles. The number of ether oxygens (including phenoxy) is 3. The summed E-state index contributed by atoms with van der Waals surface area (Å²) in [4.78, 5) is 28.6. The SMILES string of the molecule is Br.COc1cc2c(c(F)c1OC)C(=N)N(CC(=O)c1cc(N3CCCCC3)c(OCCCC(=O)O)c(C(C)(C)C)c1)C2. The van der Waals surface area contributed by atoms with Gasteiger partial charge in [0, 0.05) is 37.2 Å². The summed E-state index contributed by atoms with van der Waals surface area (Å²) in [5.41, 5.74) is 2.50. The highest BCUT2D eigenvalue weighted by Gasteiger charge is 2.34. The van der Waals surface area contributed by atoms with Gasteiger partial charge in [0.05, 0.1) is 38.6 Å². The third-order valence-corrected chi connectivity index (χ3v) is 7.62. The number of fused-ring (bicyclic) bond motifs is 1. The van der Waals surface area contributed by atoms with Gasteiger partial charge >= 0.3 is 5.97 Å². The Balaban J connectivity index is 0.00000484. The van der Waals surface area contributed by atoms with Crippen molar-refractivity contribution < 1.29 is 33.3 Å². The van der Waals surface area contributed by atoms with Crippen LogP contribution in [-0.2, 0) is 16.8 Å². The number of carbonyl (C=O) groups excluding carboxylic acids is 1. The number of anilines is 1. The van der Waals surface area contributed by atoms with Crippen molar-refractivity contribution in [2.45, 2.75) is 64.8 Å². The minimum atomic E-state index is -0.867. The van der Waals surface area contributed by atoms with Crippen LogP contribution in [0.15, 0.2) is 18.2 Å². The normalized spacial score (nSPS) is 14.8. The molecule has 2 aromatic rings. The summed E-state index contributed by atoms with van der Waals surface area (Å²) in [6.07, 6.45) is 3.60. The van der Waals surface area contributed by atoms with E-state index in [9.17, 15) is 9.59 Å². The Morgan fingerprint density at radius 3 is 2.33 bits per heavy atom. The van der Waals surface area contributed by atoms with Gasteiger partial charge in [-0.1, -0.05) is 20.8 Å². The lowest BCUT2D eigenvalue weighted by atomic mass is 9.84. The maximum absolute atomic E-state index is 15.3. The quantitative estimate of drug-likeness (QED) is 0.226. The third-order valence-electron chi connectivity index (χ3n) is 7.62. The van der Waals surface area contributed by atoms with Gasteiger partial charge in [-0.05, 0) is 54.9 Å². The first kappa shape index (κ1) is 33.2. The molecule has 0 unspecified atom stereocenters. The number of benzene rings is 2. The zero-order chi connectivity index (χ0) is 29.9. The number of piperidine rings is 1. The predicted octanol–water partition coefficient (Wildman–Crippen LogP) is 5.98. The average molecular weight is 651 g/mol. The van der Waals surface area contributed by atoms with Gasteiger partial charge in [-0.15, -0.1) is 17.0 Å². The first-order chi connectivity index (χ1) is 19.5. The standard InChI is InChI=1S/C31H40FN3O6.BrH/c1-31(2,3)21-14-19(15-22(34-11-7-6-8-12-34)28(21)41-13-9-10-25(37)38)23(36)18-35-17-20-16-24(39-4)29(40-5)27(32)26(20)30(35)33;/h14-16,33H,6-13,17-18H2,1-5H3,(H,37,38);1H. The molecule has 0 amide bonds. The Morgan fingerprint density at radius 1 is 1.05 bits per heavy atom. The molecule has 1 saturated heterocycles. The lowest BCUT2D eigenvalue weighted by Crippen LogP contribution is -2.32. The number of nitrogens with zero attached hydrogens (tertiary/aromatic N) is 2. The van der Waals surface area contributed by atoms with Crippen LogP contribution in [0, 0.1) is 11.2 Å². The fourth-order valence-electron chi connectivity index (χ4n) is 5.47. The number of ketones is 1. The minimum Gasteiger partial charge on any atom is -0.493 e. The molecule has 2 aromatic carbocycles. The molecule has 2 N–H and O–H groups in total. The first-order valence-corrected chi connectivity index (χ1v) is 14.0. The van der Waals surface area contributed by atoms with E-state index in [1.807, 2.05) is 12.1 Å². The monoisotopic (exact) mass is 649 g/mol. The highest BCUT2D eigenvalue weighted by Crippen LogP contribution is 2.42. The Morgan fingerprint density at radius 2 is 1.74 bits per heavy atom. The van der Waals surface area contributed by atoms with E-state index >= 15 is 4.39 Å². The fraction of sp³-hybridized carbons (Fsp3) is 0.516. The molecule has 42 heavy (non-hydrogen) atoms. The van der Waals surface area contributed by atoms with Crippen molar-refractivity contribution >= 4 is 40.3 Å². The maximum Gasteiger partial charge on any atom is 0.303 e. The Bertz CT molecular complexity index is 1340. The summed E-state index contributed by atoms with van der Waals surface area (Å²) >= 11 is 0. The number of Topliss-reactive ketones (excluding diaryl/α,β-unsaturated/α-hetero) is 1. The van der Waals surface area contributed by atoms with E-state index in [1.165, 1.54) is 14.2 Å². The molecule has 2 aliphatic heterocycles. The van der Waals surface area contributed by atoms with Gasteiger partial charge < -0.3 is 29.1 Å². The van der Waals surface area contributed by atoms with Crippen molar-refractivity contribution in [2.24, 2.45) is 0 Å². The van der Waals surface area contributed by atoms with Crippen molar-refractivity contribution in [3.8, 4) is 17.2 Å². The Hall–Kier alpha value is -3.34. The topological polar surface area (TPSA) is 112 Å².